The van der Waals surface area contributed by atoms with Crippen molar-refractivity contribution >= 4 is 5.91 Å². The van der Waals surface area contributed by atoms with Gasteiger partial charge in [0, 0.05) is 12.6 Å². The molecular weight excluding hydrogens is 322 g/mol. The van der Waals surface area contributed by atoms with E-state index >= 15 is 0 Å². The fourth-order valence-corrected chi connectivity index (χ4v) is 3.19. The van der Waals surface area contributed by atoms with Gasteiger partial charge in [0.1, 0.15) is 0 Å². The molecule has 0 fully saturated rings. The van der Waals surface area contributed by atoms with Crippen LogP contribution in [-0.4, -0.2) is 23.7 Å². The fraction of sp³-hybridized carbons (Fsp3) is 0.522. The minimum atomic E-state index is -0.534. The van der Waals surface area contributed by atoms with E-state index in [1.807, 2.05) is 25.2 Å². The van der Waals surface area contributed by atoms with Gasteiger partial charge in [0.25, 0.3) is 0 Å². The number of hydrogen-bond acceptors (Lipinski definition) is 2. The number of aliphatic hydroxyl groups is 1. The number of nitrogens with one attached hydrogen (secondary N) is 1. The van der Waals surface area contributed by atoms with E-state index in [9.17, 15) is 4.79 Å². The Kier molecular flexibility index (Phi) is 8.80. The molecule has 0 aliphatic heterocycles. The van der Waals surface area contributed by atoms with Crippen LogP contribution in [0.5, 0.6) is 0 Å². The zero-order valence-electron chi connectivity index (χ0n) is 17.2. The van der Waals surface area contributed by atoms with Crippen molar-refractivity contribution in [1.29, 1.82) is 0 Å². The molecule has 0 bridgehead atoms. The summed E-state index contributed by atoms with van der Waals surface area (Å²) in [5, 5.41) is 11.8. The highest BCUT2D eigenvalue weighted by Crippen LogP contribution is 2.40. The first-order chi connectivity index (χ1) is 12.1. The number of amides is 1. The first-order valence-corrected chi connectivity index (χ1v) is 9.49. The Bertz CT molecular complexity index is 643. The monoisotopic (exact) mass is 357 g/mol. The Labute approximate surface area is 159 Å². The summed E-state index contributed by atoms with van der Waals surface area (Å²) in [6.07, 6.45) is 15.1. The minimum Gasteiger partial charge on any atom is -0.392 e. The second kappa shape index (κ2) is 10.3. The maximum absolute atomic E-state index is 11.7. The lowest BCUT2D eigenvalue weighted by atomic mass is 9.72. The summed E-state index contributed by atoms with van der Waals surface area (Å²) < 4.78 is 0. The maximum atomic E-state index is 11.7. The van der Waals surface area contributed by atoms with Gasteiger partial charge < -0.3 is 10.4 Å². The molecule has 0 aromatic heterocycles. The molecule has 0 spiro atoms. The number of carbonyl (C=O) groups is 1. The molecule has 1 amide bonds. The van der Waals surface area contributed by atoms with Gasteiger partial charge in [0.15, 0.2) is 0 Å². The van der Waals surface area contributed by atoms with Crippen molar-refractivity contribution in [2.75, 3.05) is 6.54 Å². The van der Waals surface area contributed by atoms with E-state index in [2.05, 4.69) is 45.2 Å². The molecule has 26 heavy (non-hydrogen) atoms. The summed E-state index contributed by atoms with van der Waals surface area (Å²) >= 11 is 0. The molecule has 3 nitrogen and oxygen atoms in total. The van der Waals surface area contributed by atoms with Gasteiger partial charge in [0.2, 0.25) is 5.91 Å². The van der Waals surface area contributed by atoms with E-state index in [4.69, 9.17) is 5.11 Å². The first kappa shape index (κ1) is 22.2. The van der Waals surface area contributed by atoms with E-state index in [1.54, 1.807) is 6.92 Å². The summed E-state index contributed by atoms with van der Waals surface area (Å²) in [7, 11) is 0. The van der Waals surface area contributed by atoms with Gasteiger partial charge in [-0.25, -0.2) is 0 Å². The third-order valence-electron chi connectivity index (χ3n) is 4.70. The van der Waals surface area contributed by atoms with Crippen molar-refractivity contribution in [2.24, 2.45) is 5.41 Å². The minimum absolute atomic E-state index is 0.185. The van der Waals surface area contributed by atoms with Crippen LogP contribution in [0.4, 0.5) is 0 Å². The summed E-state index contributed by atoms with van der Waals surface area (Å²) in [5.41, 5.74) is 5.27. The number of hydrogen-bond donors (Lipinski definition) is 2. The first-order valence-electron chi connectivity index (χ1n) is 9.49. The molecule has 0 saturated heterocycles. The van der Waals surface area contributed by atoms with Gasteiger partial charge in [-0.1, -0.05) is 55.4 Å². The van der Waals surface area contributed by atoms with Gasteiger partial charge in [-0.3, -0.25) is 4.79 Å². The molecular formula is C23H35NO2. The zero-order valence-corrected chi connectivity index (χ0v) is 17.2. The van der Waals surface area contributed by atoms with Crippen LogP contribution < -0.4 is 5.32 Å². The smallest absolute Gasteiger partial charge is 0.244 e. The SMILES string of the molecule is CC(C=CC1=C(C)CCCC1(C)C)=CC=C/C(C)=C\C(=O)NCC(C)O. The third-order valence-corrected chi connectivity index (χ3v) is 4.70. The Morgan fingerprint density at radius 3 is 2.58 bits per heavy atom. The summed E-state index contributed by atoms with van der Waals surface area (Å²) in [5.74, 6) is -0.185. The number of carbonyl (C=O) groups excluding carboxylic acids is 1. The quantitative estimate of drug-likeness (QED) is 0.497. The van der Waals surface area contributed by atoms with E-state index in [0.29, 0.717) is 0 Å². The molecule has 1 aliphatic rings. The van der Waals surface area contributed by atoms with E-state index in [1.165, 1.54) is 42.1 Å². The van der Waals surface area contributed by atoms with Crippen molar-refractivity contribution in [2.45, 2.75) is 66.9 Å². The van der Waals surface area contributed by atoms with Crippen LogP contribution >= 0.6 is 0 Å². The molecule has 1 aliphatic carbocycles. The number of rotatable bonds is 7. The molecule has 0 saturated carbocycles. The Morgan fingerprint density at radius 2 is 1.96 bits per heavy atom. The molecule has 0 radical (unpaired) electrons. The van der Waals surface area contributed by atoms with E-state index < -0.39 is 6.10 Å². The number of aliphatic hydroxyl groups excluding tert-OH is 1. The van der Waals surface area contributed by atoms with Crippen LogP contribution in [0.15, 0.2) is 58.7 Å². The zero-order chi connectivity index (χ0) is 19.7. The molecule has 144 valence electrons. The molecule has 0 heterocycles. The van der Waals surface area contributed by atoms with E-state index in [0.717, 1.165) is 5.57 Å². The predicted octanol–water partition coefficient (Wildman–Crippen LogP) is 5.02. The summed E-state index contributed by atoms with van der Waals surface area (Å²) in [6, 6.07) is 0. The lowest BCUT2D eigenvalue weighted by Gasteiger charge is -2.32. The van der Waals surface area contributed by atoms with Crippen LogP contribution in [0.1, 0.15) is 60.8 Å². The highest BCUT2D eigenvalue weighted by atomic mass is 16.3. The molecule has 2 N–H and O–H groups in total. The van der Waals surface area contributed by atoms with Crippen molar-refractivity contribution in [3.05, 3.63) is 58.7 Å². The molecule has 1 unspecified atom stereocenters. The topological polar surface area (TPSA) is 49.3 Å². The van der Waals surface area contributed by atoms with Crippen LogP contribution in [0.2, 0.25) is 0 Å². The molecule has 0 aromatic carbocycles. The lowest BCUT2D eigenvalue weighted by molar-refractivity contribution is -0.116. The average Bonchev–Trinajstić information content (AvgIpc) is 2.51. The molecule has 1 rings (SSSR count). The van der Waals surface area contributed by atoms with Gasteiger partial charge in [-0.15, -0.1) is 0 Å². The largest absolute Gasteiger partial charge is 0.392 e. The van der Waals surface area contributed by atoms with Crippen molar-refractivity contribution in [1.82, 2.24) is 5.32 Å². The van der Waals surface area contributed by atoms with Crippen LogP contribution in [0, 0.1) is 5.41 Å². The normalized spacial score (nSPS) is 20.1. The highest BCUT2D eigenvalue weighted by Gasteiger charge is 2.26. The van der Waals surface area contributed by atoms with Gasteiger partial charge in [-0.05, 0) is 63.5 Å². The van der Waals surface area contributed by atoms with E-state index in [-0.39, 0.29) is 17.9 Å². The lowest BCUT2D eigenvalue weighted by Crippen LogP contribution is -2.29. The third kappa shape index (κ3) is 8.01. The Hall–Kier alpha value is -1.87. The Balaban J connectivity index is 2.67. The summed E-state index contributed by atoms with van der Waals surface area (Å²) in [6.45, 7) is 12.8. The van der Waals surface area contributed by atoms with Crippen molar-refractivity contribution in [3.63, 3.8) is 0 Å². The second-order valence-corrected chi connectivity index (χ2v) is 8.02. The highest BCUT2D eigenvalue weighted by molar-refractivity contribution is 5.88. The van der Waals surface area contributed by atoms with Gasteiger partial charge in [-0.2, -0.15) is 0 Å². The van der Waals surface area contributed by atoms with Crippen molar-refractivity contribution < 1.29 is 9.90 Å². The standard InChI is InChI=1S/C23H35NO2/c1-17(12-13-21-19(3)11-8-14-23(21,5)6)9-7-10-18(2)15-22(26)24-16-20(4)25/h7,9-10,12-13,15,20,25H,8,11,14,16H2,1-6H3,(H,24,26)/b10-7?,13-12?,17-9?,18-15-. The van der Waals surface area contributed by atoms with Crippen LogP contribution in [0.25, 0.3) is 0 Å². The van der Waals surface area contributed by atoms with Crippen LogP contribution in [-0.2, 0) is 4.79 Å². The number of allylic oxidation sites excluding steroid dienone is 9. The van der Waals surface area contributed by atoms with Gasteiger partial charge >= 0.3 is 0 Å². The Morgan fingerprint density at radius 1 is 1.27 bits per heavy atom. The molecule has 3 heteroatoms. The predicted molar refractivity (Wildman–Crippen MR) is 111 cm³/mol. The molecule has 1 atom stereocenters. The van der Waals surface area contributed by atoms with Crippen LogP contribution in [0.3, 0.4) is 0 Å². The maximum Gasteiger partial charge on any atom is 0.244 e. The second-order valence-electron chi connectivity index (χ2n) is 8.02. The molecule has 0 aromatic rings. The summed E-state index contributed by atoms with van der Waals surface area (Å²) in [4.78, 5) is 11.7. The van der Waals surface area contributed by atoms with Crippen molar-refractivity contribution in [3.8, 4) is 0 Å². The van der Waals surface area contributed by atoms with Gasteiger partial charge in [0.05, 0.1) is 6.10 Å². The fourth-order valence-electron chi connectivity index (χ4n) is 3.19. The average molecular weight is 358 g/mol.